The van der Waals surface area contributed by atoms with Crippen molar-refractivity contribution in [1.82, 2.24) is 0 Å². The van der Waals surface area contributed by atoms with E-state index in [-0.39, 0.29) is 23.3 Å². The zero-order chi connectivity index (χ0) is 14.0. The summed E-state index contributed by atoms with van der Waals surface area (Å²) in [5.74, 6) is -0.130. The first kappa shape index (κ1) is 13.5. The standard InChI is InChI=1S/C16H17FO2/c1-10(8-11(2)18)15-13-7-5-4-6-12(13)9-14(17)16(15)19-3/h4-7,9-10H,8H2,1-3H3. The molecule has 1 unspecified atom stereocenters. The molecule has 0 saturated heterocycles. The number of methoxy groups -OCH3 is 1. The highest BCUT2D eigenvalue weighted by Gasteiger charge is 2.20. The maximum absolute atomic E-state index is 14.1. The zero-order valence-corrected chi connectivity index (χ0v) is 11.4. The van der Waals surface area contributed by atoms with Gasteiger partial charge < -0.3 is 9.53 Å². The van der Waals surface area contributed by atoms with Gasteiger partial charge in [-0.1, -0.05) is 31.2 Å². The molecule has 0 fully saturated rings. The van der Waals surface area contributed by atoms with Crippen molar-refractivity contribution in [3.05, 3.63) is 41.7 Å². The monoisotopic (exact) mass is 260 g/mol. The third-order valence-corrected chi connectivity index (χ3v) is 3.29. The predicted molar refractivity (Wildman–Crippen MR) is 74.2 cm³/mol. The minimum absolute atomic E-state index is 0.0759. The van der Waals surface area contributed by atoms with Gasteiger partial charge in [0.25, 0.3) is 0 Å². The van der Waals surface area contributed by atoms with Crippen LogP contribution in [0.5, 0.6) is 5.75 Å². The average molecular weight is 260 g/mol. The minimum Gasteiger partial charge on any atom is -0.493 e. The molecule has 19 heavy (non-hydrogen) atoms. The Labute approximate surface area is 112 Å². The van der Waals surface area contributed by atoms with Gasteiger partial charge in [0.2, 0.25) is 0 Å². The number of hydrogen-bond acceptors (Lipinski definition) is 2. The third kappa shape index (κ3) is 2.60. The van der Waals surface area contributed by atoms with Gasteiger partial charge in [0, 0.05) is 12.0 Å². The Kier molecular flexibility index (Phi) is 3.84. The van der Waals surface area contributed by atoms with Gasteiger partial charge in [-0.25, -0.2) is 4.39 Å². The molecule has 2 aromatic rings. The number of ketones is 1. The van der Waals surface area contributed by atoms with Gasteiger partial charge in [-0.05, 0) is 29.7 Å². The summed E-state index contributed by atoms with van der Waals surface area (Å²) >= 11 is 0. The number of hydrogen-bond donors (Lipinski definition) is 0. The molecule has 0 aliphatic heterocycles. The Morgan fingerprint density at radius 2 is 2.05 bits per heavy atom. The molecule has 100 valence electrons. The van der Waals surface area contributed by atoms with Crippen molar-refractivity contribution in [2.45, 2.75) is 26.2 Å². The lowest BCUT2D eigenvalue weighted by atomic mass is 9.90. The van der Waals surface area contributed by atoms with E-state index in [4.69, 9.17) is 4.74 Å². The highest BCUT2D eigenvalue weighted by atomic mass is 19.1. The van der Waals surface area contributed by atoms with Gasteiger partial charge >= 0.3 is 0 Å². The molecular weight excluding hydrogens is 243 g/mol. The Hall–Kier alpha value is -1.90. The molecule has 0 spiro atoms. The van der Waals surface area contributed by atoms with E-state index in [0.29, 0.717) is 6.42 Å². The van der Waals surface area contributed by atoms with Crippen LogP contribution in [0.4, 0.5) is 4.39 Å². The molecule has 0 amide bonds. The SMILES string of the molecule is COc1c(F)cc2ccccc2c1C(C)CC(C)=O. The van der Waals surface area contributed by atoms with Gasteiger partial charge in [-0.2, -0.15) is 0 Å². The Bertz CT molecular complexity index is 619. The Morgan fingerprint density at radius 1 is 1.37 bits per heavy atom. The molecule has 0 bridgehead atoms. The van der Waals surface area contributed by atoms with Crippen molar-refractivity contribution in [2.75, 3.05) is 7.11 Å². The number of rotatable bonds is 4. The molecule has 0 aliphatic rings. The van der Waals surface area contributed by atoms with Gasteiger partial charge in [-0.15, -0.1) is 0 Å². The molecule has 1 atom stereocenters. The summed E-state index contributed by atoms with van der Waals surface area (Å²) in [6.07, 6.45) is 0.379. The fourth-order valence-corrected chi connectivity index (χ4v) is 2.55. The van der Waals surface area contributed by atoms with Crippen LogP contribution >= 0.6 is 0 Å². The van der Waals surface area contributed by atoms with Crippen LogP contribution in [-0.2, 0) is 4.79 Å². The van der Waals surface area contributed by atoms with Crippen LogP contribution < -0.4 is 4.74 Å². The topological polar surface area (TPSA) is 26.3 Å². The second kappa shape index (κ2) is 5.39. The lowest BCUT2D eigenvalue weighted by Crippen LogP contribution is -2.05. The molecule has 2 rings (SSSR count). The zero-order valence-electron chi connectivity index (χ0n) is 11.4. The number of halogens is 1. The van der Waals surface area contributed by atoms with Gasteiger partial charge in [-0.3, -0.25) is 0 Å². The number of benzene rings is 2. The first-order valence-corrected chi connectivity index (χ1v) is 6.29. The van der Waals surface area contributed by atoms with Crippen LogP contribution in [0.3, 0.4) is 0 Å². The van der Waals surface area contributed by atoms with Crippen molar-refractivity contribution in [1.29, 1.82) is 0 Å². The summed E-state index contributed by atoms with van der Waals surface area (Å²) < 4.78 is 19.3. The molecule has 0 N–H and O–H groups in total. The van der Waals surface area contributed by atoms with E-state index in [2.05, 4.69) is 0 Å². The fraction of sp³-hybridized carbons (Fsp3) is 0.312. The Balaban J connectivity index is 2.70. The summed E-state index contributed by atoms with van der Waals surface area (Å²) in [5, 5.41) is 1.76. The van der Waals surface area contributed by atoms with Gasteiger partial charge in [0.15, 0.2) is 11.6 Å². The van der Waals surface area contributed by atoms with E-state index in [9.17, 15) is 9.18 Å². The van der Waals surface area contributed by atoms with Crippen molar-refractivity contribution in [2.24, 2.45) is 0 Å². The second-order valence-electron chi connectivity index (χ2n) is 4.83. The maximum Gasteiger partial charge on any atom is 0.165 e. The summed E-state index contributed by atoms with van der Waals surface area (Å²) in [4.78, 5) is 11.3. The molecular formula is C16H17FO2. The lowest BCUT2D eigenvalue weighted by Gasteiger charge is -2.18. The van der Waals surface area contributed by atoms with Crippen LogP contribution in [0.2, 0.25) is 0 Å². The lowest BCUT2D eigenvalue weighted by molar-refractivity contribution is -0.117. The van der Waals surface area contributed by atoms with E-state index in [1.807, 2.05) is 31.2 Å². The molecule has 3 heteroatoms. The molecule has 2 aromatic carbocycles. The highest BCUT2D eigenvalue weighted by molar-refractivity contribution is 5.89. The van der Waals surface area contributed by atoms with Crippen molar-refractivity contribution in [3.8, 4) is 5.75 Å². The van der Waals surface area contributed by atoms with E-state index >= 15 is 0 Å². The molecule has 0 saturated carbocycles. The fourth-order valence-electron chi connectivity index (χ4n) is 2.55. The van der Waals surface area contributed by atoms with E-state index < -0.39 is 0 Å². The normalized spacial score (nSPS) is 12.4. The summed E-state index contributed by atoms with van der Waals surface area (Å²) in [6, 6.07) is 9.04. The van der Waals surface area contributed by atoms with Crippen LogP contribution in [0.25, 0.3) is 10.8 Å². The molecule has 0 aromatic heterocycles. The number of carbonyl (C=O) groups excluding carboxylic acids is 1. The predicted octanol–water partition coefficient (Wildman–Crippen LogP) is 4.07. The second-order valence-corrected chi connectivity index (χ2v) is 4.83. The largest absolute Gasteiger partial charge is 0.493 e. The number of fused-ring (bicyclic) bond motifs is 1. The first-order valence-electron chi connectivity index (χ1n) is 6.29. The van der Waals surface area contributed by atoms with E-state index in [1.54, 1.807) is 6.92 Å². The first-order chi connectivity index (χ1) is 9.04. The van der Waals surface area contributed by atoms with E-state index in [1.165, 1.54) is 13.2 Å². The molecule has 0 heterocycles. The highest BCUT2D eigenvalue weighted by Crippen LogP contribution is 2.37. The summed E-state index contributed by atoms with van der Waals surface area (Å²) in [5.41, 5.74) is 0.772. The minimum atomic E-state index is -0.383. The average Bonchev–Trinajstić information content (AvgIpc) is 2.36. The molecule has 2 nitrogen and oxygen atoms in total. The van der Waals surface area contributed by atoms with E-state index in [0.717, 1.165) is 16.3 Å². The van der Waals surface area contributed by atoms with Crippen LogP contribution in [0.15, 0.2) is 30.3 Å². The van der Waals surface area contributed by atoms with Gasteiger partial charge in [0.1, 0.15) is 5.78 Å². The maximum atomic E-state index is 14.1. The summed E-state index contributed by atoms with van der Waals surface area (Å²) in [7, 11) is 1.46. The summed E-state index contributed by atoms with van der Waals surface area (Å²) in [6.45, 7) is 3.47. The molecule has 0 aliphatic carbocycles. The number of ether oxygens (including phenoxy) is 1. The van der Waals surface area contributed by atoms with Crippen LogP contribution in [-0.4, -0.2) is 12.9 Å². The smallest absolute Gasteiger partial charge is 0.165 e. The van der Waals surface area contributed by atoms with Crippen molar-refractivity contribution < 1.29 is 13.9 Å². The van der Waals surface area contributed by atoms with Crippen molar-refractivity contribution in [3.63, 3.8) is 0 Å². The Morgan fingerprint density at radius 3 is 2.68 bits per heavy atom. The van der Waals surface area contributed by atoms with Crippen molar-refractivity contribution >= 4 is 16.6 Å². The van der Waals surface area contributed by atoms with Crippen LogP contribution in [0, 0.1) is 5.82 Å². The number of Topliss-reactive ketones (excluding diaryl/α,β-unsaturated/α-hetero) is 1. The third-order valence-electron chi connectivity index (χ3n) is 3.29. The van der Waals surface area contributed by atoms with Crippen LogP contribution in [0.1, 0.15) is 31.7 Å². The number of carbonyl (C=O) groups is 1. The van der Waals surface area contributed by atoms with Gasteiger partial charge in [0.05, 0.1) is 7.11 Å². The molecule has 0 radical (unpaired) electrons. The quantitative estimate of drug-likeness (QED) is 0.828.